The summed E-state index contributed by atoms with van der Waals surface area (Å²) in [5.41, 5.74) is 2.11. The minimum atomic E-state index is -0.287. The number of rotatable bonds is 7. The number of amides is 2. The van der Waals surface area contributed by atoms with Gasteiger partial charge in [0.2, 0.25) is 11.8 Å². The number of ether oxygens (including phenoxy) is 1. The molecule has 2 N–H and O–H groups in total. The molecule has 0 aromatic heterocycles. The lowest BCUT2D eigenvalue weighted by Gasteiger charge is -2.37. The van der Waals surface area contributed by atoms with Crippen LogP contribution in [-0.4, -0.2) is 51.7 Å². The van der Waals surface area contributed by atoms with Crippen LogP contribution in [0.3, 0.4) is 0 Å². The maximum absolute atomic E-state index is 12.7. The van der Waals surface area contributed by atoms with E-state index >= 15 is 0 Å². The summed E-state index contributed by atoms with van der Waals surface area (Å²) in [6, 6.07) is 8.03. The molecule has 1 aromatic rings. The number of hydrogen-bond donors (Lipinski definition) is 2. The third kappa shape index (κ3) is 4.68. The zero-order valence-electron chi connectivity index (χ0n) is 16.4. The second kappa shape index (κ2) is 8.85. The Morgan fingerprint density at radius 3 is 2.63 bits per heavy atom. The SMILES string of the molecule is CCc1ccc(N2CC(C(=O)NCC3(COC)CCNCC3)CC2=O)cc1. The van der Waals surface area contributed by atoms with Crippen LogP contribution in [0.25, 0.3) is 0 Å². The molecule has 6 heteroatoms. The van der Waals surface area contributed by atoms with Crippen LogP contribution in [-0.2, 0) is 20.7 Å². The molecule has 6 nitrogen and oxygen atoms in total. The van der Waals surface area contributed by atoms with Crippen molar-refractivity contribution in [2.45, 2.75) is 32.6 Å². The molecule has 2 amide bonds. The lowest BCUT2D eigenvalue weighted by Crippen LogP contribution is -2.48. The van der Waals surface area contributed by atoms with E-state index < -0.39 is 0 Å². The first-order chi connectivity index (χ1) is 13.1. The highest BCUT2D eigenvalue weighted by molar-refractivity contribution is 6.00. The number of anilines is 1. The van der Waals surface area contributed by atoms with Gasteiger partial charge < -0.3 is 20.3 Å². The Balaban J connectivity index is 1.58. The maximum atomic E-state index is 12.7. The van der Waals surface area contributed by atoms with Crippen LogP contribution in [0.4, 0.5) is 5.69 Å². The average molecular weight is 373 g/mol. The lowest BCUT2D eigenvalue weighted by molar-refractivity contribution is -0.127. The summed E-state index contributed by atoms with van der Waals surface area (Å²) in [4.78, 5) is 26.9. The predicted molar refractivity (Wildman–Crippen MR) is 106 cm³/mol. The van der Waals surface area contributed by atoms with E-state index in [2.05, 4.69) is 17.6 Å². The normalized spacial score (nSPS) is 22.1. The number of nitrogens with one attached hydrogen (secondary N) is 2. The molecule has 1 unspecified atom stereocenters. The molecular formula is C21H31N3O3. The van der Waals surface area contributed by atoms with E-state index in [0.29, 0.717) is 19.7 Å². The molecule has 148 valence electrons. The lowest BCUT2D eigenvalue weighted by atomic mass is 9.79. The summed E-state index contributed by atoms with van der Waals surface area (Å²) in [5.74, 6) is -0.289. The number of aryl methyl sites for hydroxylation is 1. The zero-order valence-corrected chi connectivity index (χ0v) is 16.4. The van der Waals surface area contributed by atoms with Gasteiger partial charge in [0.05, 0.1) is 12.5 Å². The number of benzene rings is 1. The average Bonchev–Trinajstić information content (AvgIpc) is 3.09. The smallest absolute Gasteiger partial charge is 0.227 e. The van der Waals surface area contributed by atoms with Crippen LogP contribution in [0.2, 0.25) is 0 Å². The van der Waals surface area contributed by atoms with Crippen LogP contribution in [0.5, 0.6) is 0 Å². The highest BCUT2D eigenvalue weighted by atomic mass is 16.5. The van der Waals surface area contributed by atoms with Gasteiger partial charge >= 0.3 is 0 Å². The number of carbonyl (C=O) groups excluding carboxylic acids is 2. The van der Waals surface area contributed by atoms with Gasteiger partial charge in [0.25, 0.3) is 0 Å². The molecular weight excluding hydrogens is 342 g/mol. The zero-order chi connectivity index (χ0) is 19.3. The standard InChI is InChI=1S/C21H31N3O3/c1-3-16-4-6-18(7-5-16)24-13-17(12-19(24)25)20(26)23-14-21(15-27-2)8-10-22-11-9-21/h4-7,17,22H,3,8-15H2,1-2H3,(H,23,26). The first-order valence-electron chi connectivity index (χ1n) is 9.93. The largest absolute Gasteiger partial charge is 0.384 e. The van der Waals surface area contributed by atoms with Crippen molar-refractivity contribution in [1.82, 2.24) is 10.6 Å². The Morgan fingerprint density at radius 1 is 1.30 bits per heavy atom. The predicted octanol–water partition coefficient (Wildman–Crippen LogP) is 1.73. The fourth-order valence-corrected chi connectivity index (χ4v) is 4.10. The van der Waals surface area contributed by atoms with Gasteiger partial charge in [-0.25, -0.2) is 0 Å². The molecule has 2 aliphatic heterocycles. The van der Waals surface area contributed by atoms with Gasteiger partial charge in [-0.3, -0.25) is 9.59 Å². The molecule has 2 heterocycles. The first kappa shape index (κ1) is 19.8. The van der Waals surface area contributed by atoms with Crippen molar-refractivity contribution in [3.05, 3.63) is 29.8 Å². The van der Waals surface area contributed by atoms with Gasteiger partial charge in [0, 0.05) is 37.7 Å². The Labute approximate surface area is 161 Å². The Hall–Kier alpha value is -1.92. The van der Waals surface area contributed by atoms with Crippen molar-refractivity contribution in [2.75, 3.05) is 44.8 Å². The van der Waals surface area contributed by atoms with Crippen molar-refractivity contribution in [2.24, 2.45) is 11.3 Å². The quantitative estimate of drug-likeness (QED) is 0.764. The highest BCUT2D eigenvalue weighted by Crippen LogP contribution is 2.29. The minimum Gasteiger partial charge on any atom is -0.384 e. The van der Waals surface area contributed by atoms with Crippen LogP contribution in [0.15, 0.2) is 24.3 Å². The summed E-state index contributed by atoms with van der Waals surface area (Å²) < 4.78 is 5.41. The molecule has 0 saturated carbocycles. The third-order valence-electron chi connectivity index (χ3n) is 5.90. The van der Waals surface area contributed by atoms with E-state index in [1.807, 2.05) is 24.3 Å². The van der Waals surface area contributed by atoms with Gasteiger partial charge in [-0.05, 0) is 50.0 Å². The molecule has 0 spiro atoms. The van der Waals surface area contributed by atoms with E-state index in [9.17, 15) is 9.59 Å². The molecule has 27 heavy (non-hydrogen) atoms. The van der Waals surface area contributed by atoms with Crippen LogP contribution >= 0.6 is 0 Å². The van der Waals surface area contributed by atoms with Crippen LogP contribution in [0.1, 0.15) is 31.7 Å². The monoisotopic (exact) mass is 373 g/mol. The Morgan fingerprint density at radius 2 is 2.00 bits per heavy atom. The molecule has 1 aromatic carbocycles. The summed E-state index contributed by atoms with van der Waals surface area (Å²) >= 11 is 0. The number of nitrogens with zero attached hydrogens (tertiary/aromatic N) is 1. The van der Waals surface area contributed by atoms with E-state index in [4.69, 9.17) is 4.74 Å². The molecule has 2 fully saturated rings. The first-order valence-corrected chi connectivity index (χ1v) is 9.93. The number of methoxy groups -OCH3 is 1. The number of piperidine rings is 1. The minimum absolute atomic E-state index is 0.00601. The number of carbonyl (C=O) groups is 2. The molecule has 2 saturated heterocycles. The summed E-state index contributed by atoms with van der Waals surface area (Å²) in [5, 5.41) is 6.46. The van der Waals surface area contributed by atoms with E-state index in [-0.39, 0.29) is 29.6 Å². The van der Waals surface area contributed by atoms with E-state index in [0.717, 1.165) is 38.0 Å². The second-order valence-corrected chi connectivity index (χ2v) is 7.83. The summed E-state index contributed by atoms with van der Waals surface area (Å²) in [7, 11) is 1.71. The molecule has 3 rings (SSSR count). The van der Waals surface area contributed by atoms with Crippen molar-refractivity contribution < 1.29 is 14.3 Å². The summed E-state index contributed by atoms with van der Waals surface area (Å²) in [6.07, 6.45) is 3.22. The van der Waals surface area contributed by atoms with Gasteiger partial charge in [0.15, 0.2) is 0 Å². The Bertz CT molecular complexity index is 648. The Kier molecular flexibility index (Phi) is 6.50. The molecule has 2 aliphatic rings. The molecule has 0 bridgehead atoms. The van der Waals surface area contributed by atoms with Crippen LogP contribution < -0.4 is 15.5 Å². The summed E-state index contributed by atoms with van der Waals surface area (Å²) in [6.45, 7) is 5.71. The van der Waals surface area contributed by atoms with Crippen molar-refractivity contribution >= 4 is 17.5 Å². The van der Waals surface area contributed by atoms with Gasteiger partial charge in [0.1, 0.15) is 0 Å². The van der Waals surface area contributed by atoms with Crippen molar-refractivity contribution in [3.8, 4) is 0 Å². The van der Waals surface area contributed by atoms with Gasteiger partial charge in [-0.2, -0.15) is 0 Å². The fourth-order valence-electron chi connectivity index (χ4n) is 4.10. The fraction of sp³-hybridized carbons (Fsp3) is 0.619. The molecule has 1 atom stereocenters. The third-order valence-corrected chi connectivity index (χ3v) is 5.90. The van der Waals surface area contributed by atoms with Crippen LogP contribution in [0, 0.1) is 11.3 Å². The van der Waals surface area contributed by atoms with E-state index in [1.54, 1.807) is 12.0 Å². The highest BCUT2D eigenvalue weighted by Gasteiger charge is 2.37. The number of hydrogen-bond acceptors (Lipinski definition) is 4. The van der Waals surface area contributed by atoms with Crippen molar-refractivity contribution in [1.29, 1.82) is 0 Å². The van der Waals surface area contributed by atoms with E-state index in [1.165, 1.54) is 5.56 Å². The molecule has 0 aliphatic carbocycles. The van der Waals surface area contributed by atoms with Gasteiger partial charge in [-0.15, -0.1) is 0 Å². The topological polar surface area (TPSA) is 70.7 Å². The van der Waals surface area contributed by atoms with Crippen molar-refractivity contribution in [3.63, 3.8) is 0 Å². The second-order valence-electron chi connectivity index (χ2n) is 7.83. The molecule has 0 radical (unpaired) electrons. The maximum Gasteiger partial charge on any atom is 0.227 e. The van der Waals surface area contributed by atoms with Gasteiger partial charge in [-0.1, -0.05) is 19.1 Å².